The number of hydrogen-bond acceptors (Lipinski definition) is 2. The monoisotopic (exact) mass is 252 g/mol. The molecule has 0 unspecified atom stereocenters. The highest BCUT2D eigenvalue weighted by atomic mass is 35.5. The Hall–Kier alpha value is -0.730. The van der Waals surface area contributed by atoms with E-state index >= 15 is 0 Å². The average molecular weight is 253 g/mol. The Labute approximate surface area is 109 Å². The number of hydrogen-bond donors (Lipinski definition) is 1. The summed E-state index contributed by atoms with van der Waals surface area (Å²) in [6, 6.07) is 7.12. The van der Waals surface area contributed by atoms with Crippen LogP contribution in [-0.4, -0.2) is 19.6 Å². The van der Waals surface area contributed by atoms with Crippen LogP contribution in [0.5, 0.6) is 0 Å². The maximum absolute atomic E-state index is 6.32. The van der Waals surface area contributed by atoms with Crippen molar-refractivity contribution < 1.29 is 0 Å². The van der Waals surface area contributed by atoms with Crippen LogP contribution < -0.4 is 10.2 Å². The van der Waals surface area contributed by atoms with Crippen molar-refractivity contribution in [1.29, 1.82) is 0 Å². The standard InChI is InChI=1S/C14H21ClN2/c1-3-8-17(2)14-7-4-11(9-13(14)15)10-16-12-5-6-12/h4,7,9,12,16H,3,5-6,8,10H2,1-2H3. The van der Waals surface area contributed by atoms with Crippen molar-refractivity contribution in [2.75, 3.05) is 18.5 Å². The lowest BCUT2D eigenvalue weighted by Gasteiger charge is -2.20. The number of benzene rings is 1. The summed E-state index contributed by atoms with van der Waals surface area (Å²) in [5.74, 6) is 0. The lowest BCUT2D eigenvalue weighted by Crippen LogP contribution is -2.19. The van der Waals surface area contributed by atoms with Gasteiger partial charge in [-0.05, 0) is 37.0 Å². The number of anilines is 1. The summed E-state index contributed by atoms with van der Waals surface area (Å²) in [6.45, 7) is 4.15. The number of rotatable bonds is 6. The third-order valence-corrected chi connectivity index (χ3v) is 3.46. The van der Waals surface area contributed by atoms with Gasteiger partial charge in [0.05, 0.1) is 10.7 Å². The van der Waals surface area contributed by atoms with E-state index in [4.69, 9.17) is 11.6 Å². The van der Waals surface area contributed by atoms with Crippen molar-refractivity contribution in [3.63, 3.8) is 0 Å². The van der Waals surface area contributed by atoms with E-state index in [0.717, 1.165) is 36.3 Å². The zero-order valence-electron chi connectivity index (χ0n) is 10.7. The van der Waals surface area contributed by atoms with Crippen molar-refractivity contribution in [1.82, 2.24) is 5.32 Å². The predicted molar refractivity (Wildman–Crippen MR) is 74.9 cm³/mol. The molecular formula is C14H21ClN2. The first kappa shape index (κ1) is 12.7. The van der Waals surface area contributed by atoms with Gasteiger partial charge in [0.1, 0.15) is 0 Å². The Bertz CT molecular complexity index is 374. The van der Waals surface area contributed by atoms with Crippen molar-refractivity contribution in [2.24, 2.45) is 0 Å². The first-order chi connectivity index (χ1) is 8.20. The van der Waals surface area contributed by atoms with Gasteiger partial charge in [-0.3, -0.25) is 0 Å². The second-order valence-corrected chi connectivity index (χ2v) is 5.27. The predicted octanol–water partition coefficient (Wildman–Crippen LogP) is 3.44. The fourth-order valence-electron chi connectivity index (χ4n) is 1.98. The smallest absolute Gasteiger partial charge is 0.0642 e. The van der Waals surface area contributed by atoms with Gasteiger partial charge in [-0.2, -0.15) is 0 Å². The van der Waals surface area contributed by atoms with Crippen molar-refractivity contribution in [2.45, 2.75) is 38.8 Å². The molecule has 0 spiro atoms. The summed E-state index contributed by atoms with van der Waals surface area (Å²) in [4.78, 5) is 2.21. The van der Waals surface area contributed by atoms with Gasteiger partial charge in [-0.1, -0.05) is 24.6 Å². The molecule has 1 N–H and O–H groups in total. The van der Waals surface area contributed by atoms with Gasteiger partial charge in [0, 0.05) is 26.2 Å². The lowest BCUT2D eigenvalue weighted by molar-refractivity contribution is 0.688. The fourth-order valence-corrected chi connectivity index (χ4v) is 2.32. The van der Waals surface area contributed by atoms with Crippen molar-refractivity contribution in [3.8, 4) is 0 Å². The van der Waals surface area contributed by atoms with Crippen LogP contribution in [0.1, 0.15) is 31.7 Å². The summed E-state index contributed by atoms with van der Waals surface area (Å²) in [6.07, 6.45) is 3.79. The van der Waals surface area contributed by atoms with Crippen molar-refractivity contribution >= 4 is 17.3 Å². The highest BCUT2D eigenvalue weighted by Crippen LogP contribution is 2.27. The molecule has 1 fully saturated rings. The SMILES string of the molecule is CCCN(C)c1ccc(CNC2CC2)cc1Cl. The van der Waals surface area contributed by atoms with Crippen LogP contribution >= 0.6 is 11.6 Å². The molecule has 0 saturated heterocycles. The largest absolute Gasteiger partial charge is 0.373 e. The molecular weight excluding hydrogens is 232 g/mol. The molecule has 0 aliphatic heterocycles. The molecule has 94 valence electrons. The van der Waals surface area contributed by atoms with Crippen LogP contribution in [0.25, 0.3) is 0 Å². The molecule has 0 heterocycles. The van der Waals surface area contributed by atoms with Gasteiger partial charge in [0.15, 0.2) is 0 Å². The van der Waals surface area contributed by atoms with Crippen LogP contribution in [0, 0.1) is 0 Å². The molecule has 1 aliphatic carbocycles. The quantitative estimate of drug-likeness (QED) is 0.835. The highest BCUT2D eigenvalue weighted by molar-refractivity contribution is 6.33. The molecule has 0 bridgehead atoms. The molecule has 1 saturated carbocycles. The van der Waals surface area contributed by atoms with Crippen LogP contribution in [0.2, 0.25) is 5.02 Å². The van der Waals surface area contributed by atoms with E-state index in [1.807, 2.05) is 0 Å². The zero-order valence-corrected chi connectivity index (χ0v) is 11.4. The maximum Gasteiger partial charge on any atom is 0.0642 e. The minimum atomic E-state index is 0.746. The summed E-state index contributed by atoms with van der Waals surface area (Å²) < 4.78 is 0. The molecule has 0 amide bonds. The van der Waals surface area contributed by atoms with Gasteiger partial charge in [-0.25, -0.2) is 0 Å². The third kappa shape index (κ3) is 3.62. The second-order valence-electron chi connectivity index (χ2n) is 4.86. The maximum atomic E-state index is 6.32. The van der Waals surface area contributed by atoms with E-state index in [1.165, 1.54) is 18.4 Å². The van der Waals surface area contributed by atoms with E-state index < -0.39 is 0 Å². The topological polar surface area (TPSA) is 15.3 Å². The molecule has 2 rings (SSSR count). The van der Waals surface area contributed by atoms with Gasteiger partial charge in [-0.15, -0.1) is 0 Å². The Morgan fingerprint density at radius 2 is 2.18 bits per heavy atom. The van der Waals surface area contributed by atoms with Crippen LogP contribution in [0.4, 0.5) is 5.69 Å². The lowest BCUT2D eigenvalue weighted by atomic mass is 10.2. The summed E-state index contributed by atoms with van der Waals surface area (Å²) in [5.41, 5.74) is 2.40. The van der Waals surface area contributed by atoms with E-state index in [-0.39, 0.29) is 0 Å². The Morgan fingerprint density at radius 3 is 2.76 bits per heavy atom. The average Bonchev–Trinajstić information content (AvgIpc) is 3.10. The Kier molecular flexibility index (Phi) is 4.30. The first-order valence-electron chi connectivity index (χ1n) is 6.43. The second kappa shape index (κ2) is 5.74. The molecule has 0 radical (unpaired) electrons. The van der Waals surface area contributed by atoms with E-state index in [9.17, 15) is 0 Å². The number of nitrogens with one attached hydrogen (secondary N) is 1. The minimum absolute atomic E-state index is 0.746. The minimum Gasteiger partial charge on any atom is -0.373 e. The molecule has 2 nitrogen and oxygen atoms in total. The van der Waals surface area contributed by atoms with Crippen LogP contribution in [0.15, 0.2) is 18.2 Å². The van der Waals surface area contributed by atoms with Gasteiger partial charge >= 0.3 is 0 Å². The van der Waals surface area contributed by atoms with E-state index in [2.05, 4.69) is 42.4 Å². The normalized spacial score (nSPS) is 15.0. The fraction of sp³-hybridized carbons (Fsp3) is 0.571. The van der Waals surface area contributed by atoms with E-state index in [1.54, 1.807) is 0 Å². The third-order valence-electron chi connectivity index (χ3n) is 3.15. The molecule has 1 aromatic carbocycles. The molecule has 3 heteroatoms. The zero-order chi connectivity index (χ0) is 12.3. The van der Waals surface area contributed by atoms with E-state index in [0.29, 0.717) is 0 Å². The van der Waals surface area contributed by atoms with Gasteiger partial charge < -0.3 is 10.2 Å². The van der Waals surface area contributed by atoms with Gasteiger partial charge in [0.25, 0.3) is 0 Å². The summed E-state index contributed by atoms with van der Waals surface area (Å²) >= 11 is 6.32. The molecule has 0 aromatic heterocycles. The highest BCUT2D eigenvalue weighted by Gasteiger charge is 2.20. The Balaban J connectivity index is 1.99. The molecule has 1 aliphatic rings. The number of nitrogens with zero attached hydrogens (tertiary/aromatic N) is 1. The van der Waals surface area contributed by atoms with Crippen LogP contribution in [-0.2, 0) is 6.54 Å². The first-order valence-corrected chi connectivity index (χ1v) is 6.81. The Morgan fingerprint density at radius 1 is 1.41 bits per heavy atom. The van der Waals surface area contributed by atoms with Gasteiger partial charge in [0.2, 0.25) is 0 Å². The summed E-state index contributed by atoms with van der Waals surface area (Å²) in [7, 11) is 2.09. The number of halogens is 1. The molecule has 1 aromatic rings. The summed E-state index contributed by atoms with van der Waals surface area (Å²) in [5, 5.41) is 4.36. The van der Waals surface area contributed by atoms with Crippen LogP contribution in [0.3, 0.4) is 0 Å². The molecule has 0 atom stereocenters. The van der Waals surface area contributed by atoms with Crippen molar-refractivity contribution in [3.05, 3.63) is 28.8 Å². The molecule has 17 heavy (non-hydrogen) atoms.